The average molecular weight is 400 g/mol. The van der Waals surface area contributed by atoms with Crippen LogP contribution in [0.2, 0.25) is 0 Å². The van der Waals surface area contributed by atoms with Crippen molar-refractivity contribution in [2.24, 2.45) is 13.0 Å². The number of hydrogen-bond donors (Lipinski definition) is 1. The van der Waals surface area contributed by atoms with Gasteiger partial charge >= 0.3 is 6.18 Å². The third-order valence-corrected chi connectivity index (χ3v) is 6.07. The van der Waals surface area contributed by atoms with Gasteiger partial charge < -0.3 is 10.1 Å². The number of alkyl halides is 3. The number of halogens is 3. The third kappa shape index (κ3) is 3.60. The number of aromatic nitrogens is 3. The number of anilines is 1. The van der Waals surface area contributed by atoms with E-state index in [-0.39, 0.29) is 17.7 Å². The smallest absolute Gasteiger partial charge is 0.381 e. The summed E-state index contributed by atoms with van der Waals surface area (Å²) in [5.41, 5.74) is 1.43. The number of aryl methyl sites for hydroxylation is 1. The lowest BCUT2D eigenvalue weighted by atomic mass is 9.79. The molecule has 2 aromatic heterocycles. The minimum Gasteiger partial charge on any atom is -0.381 e. The van der Waals surface area contributed by atoms with Crippen LogP contribution in [0.25, 0.3) is 10.6 Å². The quantitative estimate of drug-likeness (QED) is 0.829. The molecule has 0 bridgehead atoms. The Morgan fingerprint density at radius 3 is 2.67 bits per heavy atom. The summed E-state index contributed by atoms with van der Waals surface area (Å²) < 4.78 is 45.5. The van der Waals surface area contributed by atoms with Crippen LogP contribution >= 0.6 is 11.3 Å². The second kappa shape index (κ2) is 6.90. The van der Waals surface area contributed by atoms with Gasteiger partial charge in [0.05, 0.1) is 23.8 Å². The maximum atomic E-state index is 12.9. The van der Waals surface area contributed by atoms with Crippen molar-refractivity contribution in [1.29, 1.82) is 0 Å². The largest absolute Gasteiger partial charge is 0.443 e. The molecule has 0 spiro atoms. The lowest BCUT2D eigenvalue weighted by molar-refractivity contribution is -0.137. The predicted octanol–water partition coefficient (Wildman–Crippen LogP) is 3.80. The fraction of sp³-hybridized carbons (Fsp3) is 0.588. The number of carbonyl (C=O) groups is 1. The van der Waals surface area contributed by atoms with E-state index in [4.69, 9.17) is 4.74 Å². The fourth-order valence-electron chi connectivity index (χ4n) is 3.37. The number of rotatable bonds is 5. The van der Waals surface area contributed by atoms with Crippen molar-refractivity contribution < 1.29 is 22.7 Å². The zero-order valence-corrected chi connectivity index (χ0v) is 15.5. The maximum Gasteiger partial charge on any atom is 0.443 e. The SMILES string of the molecule is Cn1nc(NC(=O)CC2COC2)c(C2CCC2)c1-c1cnc(C(F)(F)F)s1. The summed E-state index contributed by atoms with van der Waals surface area (Å²) in [6.45, 7) is 1.16. The molecule has 2 aromatic rings. The van der Waals surface area contributed by atoms with Gasteiger partial charge in [0, 0.05) is 31.1 Å². The number of hydrogen-bond acceptors (Lipinski definition) is 5. The van der Waals surface area contributed by atoms with Gasteiger partial charge in [-0.05, 0) is 18.8 Å². The van der Waals surface area contributed by atoms with E-state index in [1.54, 1.807) is 11.7 Å². The number of carbonyl (C=O) groups excluding carboxylic acids is 1. The van der Waals surface area contributed by atoms with Crippen molar-refractivity contribution in [3.05, 3.63) is 16.8 Å². The third-order valence-electron chi connectivity index (χ3n) is 5.02. The molecular weight excluding hydrogens is 381 g/mol. The van der Waals surface area contributed by atoms with Crippen molar-refractivity contribution in [1.82, 2.24) is 14.8 Å². The molecule has 0 aromatic carbocycles. The van der Waals surface area contributed by atoms with Crippen LogP contribution in [0.3, 0.4) is 0 Å². The first kappa shape index (κ1) is 18.4. The molecular formula is C17H19F3N4O2S. The molecule has 1 amide bonds. The Morgan fingerprint density at radius 2 is 2.15 bits per heavy atom. The van der Waals surface area contributed by atoms with Crippen molar-refractivity contribution in [3.8, 4) is 10.6 Å². The molecule has 10 heteroatoms. The van der Waals surface area contributed by atoms with E-state index >= 15 is 0 Å². The van der Waals surface area contributed by atoms with Crippen LogP contribution in [0.5, 0.6) is 0 Å². The molecule has 0 unspecified atom stereocenters. The van der Waals surface area contributed by atoms with Gasteiger partial charge in [-0.1, -0.05) is 6.42 Å². The Balaban J connectivity index is 1.65. The molecule has 146 valence electrons. The zero-order valence-electron chi connectivity index (χ0n) is 14.7. The van der Waals surface area contributed by atoms with Crippen LogP contribution < -0.4 is 5.32 Å². The van der Waals surface area contributed by atoms with Gasteiger partial charge in [-0.3, -0.25) is 9.48 Å². The van der Waals surface area contributed by atoms with Crippen LogP contribution in [0.1, 0.15) is 42.2 Å². The van der Waals surface area contributed by atoms with Gasteiger partial charge in [0.2, 0.25) is 5.91 Å². The molecule has 3 heterocycles. The normalized spacial score (nSPS) is 18.2. The summed E-state index contributed by atoms with van der Waals surface area (Å²) in [4.78, 5) is 16.3. The highest BCUT2D eigenvalue weighted by molar-refractivity contribution is 7.15. The Kier molecular flexibility index (Phi) is 4.71. The summed E-state index contributed by atoms with van der Waals surface area (Å²) >= 11 is 0.603. The summed E-state index contributed by atoms with van der Waals surface area (Å²) in [7, 11) is 1.68. The topological polar surface area (TPSA) is 69.0 Å². The molecule has 1 N–H and O–H groups in total. The lowest BCUT2D eigenvalue weighted by Crippen LogP contribution is -2.31. The van der Waals surface area contributed by atoms with E-state index in [9.17, 15) is 18.0 Å². The Morgan fingerprint density at radius 1 is 1.41 bits per heavy atom. The molecule has 2 fully saturated rings. The lowest BCUT2D eigenvalue weighted by Gasteiger charge is -2.27. The first-order valence-electron chi connectivity index (χ1n) is 8.81. The molecule has 6 nitrogen and oxygen atoms in total. The van der Waals surface area contributed by atoms with E-state index in [0.717, 1.165) is 24.8 Å². The first-order valence-corrected chi connectivity index (χ1v) is 9.62. The number of nitrogens with one attached hydrogen (secondary N) is 1. The highest BCUT2D eigenvalue weighted by atomic mass is 32.1. The number of thiazole rings is 1. The Labute approximate surface area is 157 Å². The molecule has 1 aliphatic heterocycles. The number of amides is 1. The van der Waals surface area contributed by atoms with Crippen molar-refractivity contribution in [2.75, 3.05) is 18.5 Å². The zero-order chi connectivity index (χ0) is 19.2. The highest BCUT2D eigenvalue weighted by Gasteiger charge is 2.36. The molecule has 0 atom stereocenters. The second-order valence-corrected chi connectivity index (χ2v) is 8.08. The van der Waals surface area contributed by atoms with Gasteiger partial charge in [-0.15, -0.1) is 11.3 Å². The van der Waals surface area contributed by atoms with Gasteiger partial charge in [0.25, 0.3) is 0 Å². The Bertz CT molecular complexity index is 853. The molecule has 1 aliphatic carbocycles. The summed E-state index contributed by atoms with van der Waals surface area (Å²) in [5, 5.41) is 6.39. The number of nitrogens with zero attached hydrogens (tertiary/aromatic N) is 3. The second-order valence-electron chi connectivity index (χ2n) is 7.05. The van der Waals surface area contributed by atoms with Crippen LogP contribution in [0.15, 0.2) is 6.20 Å². The average Bonchev–Trinajstić information content (AvgIpc) is 3.07. The summed E-state index contributed by atoms with van der Waals surface area (Å²) in [6, 6.07) is 0. The van der Waals surface area contributed by atoms with Crippen molar-refractivity contribution in [2.45, 2.75) is 37.8 Å². The van der Waals surface area contributed by atoms with Crippen molar-refractivity contribution >= 4 is 23.1 Å². The van der Waals surface area contributed by atoms with Gasteiger partial charge in [-0.25, -0.2) is 4.98 Å². The summed E-state index contributed by atoms with van der Waals surface area (Å²) in [6.07, 6.45) is 0.0486. The van der Waals surface area contributed by atoms with E-state index in [1.807, 2.05) is 0 Å². The predicted molar refractivity (Wildman–Crippen MR) is 93.5 cm³/mol. The minimum absolute atomic E-state index is 0.145. The summed E-state index contributed by atoms with van der Waals surface area (Å²) in [5.74, 6) is 0.710. The highest BCUT2D eigenvalue weighted by Crippen LogP contribution is 2.46. The fourth-order valence-corrected chi connectivity index (χ4v) is 4.24. The maximum absolute atomic E-state index is 12.9. The molecule has 27 heavy (non-hydrogen) atoms. The van der Waals surface area contributed by atoms with E-state index < -0.39 is 11.2 Å². The minimum atomic E-state index is -4.47. The van der Waals surface area contributed by atoms with E-state index in [2.05, 4.69) is 15.4 Å². The molecule has 4 rings (SSSR count). The molecule has 0 radical (unpaired) electrons. The van der Waals surface area contributed by atoms with Gasteiger partial charge in [0.1, 0.15) is 0 Å². The molecule has 1 saturated carbocycles. The van der Waals surface area contributed by atoms with Gasteiger partial charge in [0.15, 0.2) is 10.8 Å². The van der Waals surface area contributed by atoms with Gasteiger partial charge in [-0.2, -0.15) is 18.3 Å². The van der Waals surface area contributed by atoms with Crippen LogP contribution in [-0.2, 0) is 22.8 Å². The van der Waals surface area contributed by atoms with Crippen molar-refractivity contribution in [3.63, 3.8) is 0 Å². The van der Waals surface area contributed by atoms with E-state index in [1.165, 1.54) is 6.20 Å². The first-order chi connectivity index (χ1) is 12.8. The monoisotopic (exact) mass is 400 g/mol. The van der Waals surface area contributed by atoms with E-state index in [0.29, 0.717) is 47.4 Å². The Hall–Kier alpha value is -1.94. The van der Waals surface area contributed by atoms with Crippen LogP contribution in [0, 0.1) is 5.92 Å². The molecule has 1 saturated heterocycles. The standard InChI is InChI=1S/C17H19F3N4O2S/c1-24-14(11-6-21-16(27-11)17(18,19)20)13(10-3-2-4-10)15(23-24)22-12(25)5-9-7-26-8-9/h6,9-10H,2-5,7-8H2,1H3,(H,22,23,25). The van der Waals surface area contributed by atoms with Crippen LogP contribution in [-0.4, -0.2) is 33.9 Å². The van der Waals surface area contributed by atoms with Crippen LogP contribution in [0.4, 0.5) is 19.0 Å². The number of ether oxygens (including phenoxy) is 1. The molecule has 2 aliphatic rings.